The van der Waals surface area contributed by atoms with Crippen molar-refractivity contribution in [1.82, 2.24) is 4.90 Å². The number of carbonyl (C=O) groups is 2. The molecule has 11 heteroatoms. The zero-order valence-electron chi connectivity index (χ0n) is 16.1. The van der Waals surface area contributed by atoms with E-state index < -0.39 is 23.6 Å². The van der Waals surface area contributed by atoms with Crippen LogP contribution in [-0.4, -0.2) is 76.4 Å². The van der Waals surface area contributed by atoms with E-state index in [9.17, 15) is 22.8 Å². The molecule has 29 heavy (non-hydrogen) atoms. The maximum Gasteiger partial charge on any atom is 0.416 e. The number of benzene rings is 1. The smallest absolute Gasteiger partial charge is 0.383 e. The average Bonchev–Trinajstić information content (AvgIpc) is 2.65. The quantitative estimate of drug-likeness (QED) is 0.619. The van der Waals surface area contributed by atoms with Gasteiger partial charge in [0.05, 0.1) is 49.8 Å². The number of primary amides is 1. The second-order valence-electron chi connectivity index (χ2n) is 6.55. The number of halogens is 3. The standard InChI is InChI=1S/C18H25F3N4O4/c1-28-7-4-24(11-16(22)26)12-17(27)23-14-10-13(18(19,20)21)2-3-15(14)25-5-8-29-9-6-25/h2-3,10H,4-9,11-12H2,1H3,(H2,22,26)(H,23,27). The number of carbonyl (C=O) groups excluding carboxylic acids is 2. The summed E-state index contributed by atoms with van der Waals surface area (Å²) in [6.45, 7) is 2.02. The number of nitrogens with zero attached hydrogens (tertiary/aromatic N) is 2. The Morgan fingerprint density at radius 1 is 1.28 bits per heavy atom. The molecule has 1 aliphatic rings. The van der Waals surface area contributed by atoms with Crippen molar-refractivity contribution < 1.29 is 32.2 Å². The Bertz CT molecular complexity index is 709. The molecule has 0 atom stereocenters. The predicted octanol–water partition coefficient (Wildman–Crippen LogP) is 0.914. The topological polar surface area (TPSA) is 97.1 Å². The van der Waals surface area contributed by atoms with Gasteiger partial charge in [0.1, 0.15) is 0 Å². The van der Waals surface area contributed by atoms with Crippen molar-refractivity contribution in [3.05, 3.63) is 23.8 Å². The Morgan fingerprint density at radius 2 is 1.97 bits per heavy atom. The molecule has 0 spiro atoms. The van der Waals surface area contributed by atoms with Crippen molar-refractivity contribution in [1.29, 1.82) is 0 Å². The third-order valence-corrected chi connectivity index (χ3v) is 4.31. The van der Waals surface area contributed by atoms with Crippen LogP contribution >= 0.6 is 0 Å². The van der Waals surface area contributed by atoms with Crippen molar-refractivity contribution >= 4 is 23.2 Å². The Kier molecular flexibility index (Phi) is 8.23. The Labute approximate surface area is 166 Å². The third kappa shape index (κ3) is 7.18. The molecule has 3 N–H and O–H groups in total. The fourth-order valence-electron chi connectivity index (χ4n) is 2.94. The van der Waals surface area contributed by atoms with Crippen LogP contribution in [-0.2, 0) is 25.2 Å². The number of amides is 2. The minimum absolute atomic E-state index is 0.0532. The number of alkyl halides is 3. The van der Waals surface area contributed by atoms with Crippen LogP contribution in [0.3, 0.4) is 0 Å². The Balaban J connectivity index is 2.20. The van der Waals surface area contributed by atoms with Gasteiger partial charge in [-0.1, -0.05) is 0 Å². The highest BCUT2D eigenvalue weighted by atomic mass is 19.4. The average molecular weight is 418 g/mol. The molecule has 1 heterocycles. The number of ether oxygens (including phenoxy) is 2. The molecule has 0 radical (unpaired) electrons. The lowest BCUT2D eigenvalue weighted by molar-refractivity contribution is -0.137. The summed E-state index contributed by atoms with van der Waals surface area (Å²) in [5.74, 6) is -1.18. The van der Waals surface area contributed by atoms with Crippen molar-refractivity contribution in [3.8, 4) is 0 Å². The van der Waals surface area contributed by atoms with Gasteiger partial charge in [-0.2, -0.15) is 13.2 Å². The number of anilines is 2. The SMILES string of the molecule is COCCN(CC(N)=O)CC(=O)Nc1cc(C(F)(F)F)ccc1N1CCOCC1. The molecule has 0 saturated carbocycles. The highest BCUT2D eigenvalue weighted by Gasteiger charge is 2.32. The van der Waals surface area contributed by atoms with Gasteiger partial charge in [0.15, 0.2) is 0 Å². The van der Waals surface area contributed by atoms with E-state index in [0.717, 1.165) is 12.1 Å². The molecule has 2 amide bonds. The van der Waals surface area contributed by atoms with Gasteiger partial charge in [0.2, 0.25) is 11.8 Å². The molecule has 0 unspecified atom stereocenters. The maximum absolute atomic E-state index is 13.2. The lowest BCUT2D eigenvalue weighted by atomic mass is 10.1. The van der Waals surface area contributed by atoms with Gasteiger partial charge in [-0.05, 0) is 18.2 Å². The van der Waals surface area contributed by atoms with Crippen LogP contribution in [0.25, 0.3) is 0 Å². The number of hydrogen-bond donors (Lipinski definition) is 2. The summed E-state index contributed by atoms with van der Waals surface area (Å²) >= 11 is 0. The predicted molar refractivity (Wildman–Crippen MR) is 101 cm³/mol. The summed E-state index contributed by atoms with van der Waals surface area (Å²) in [4.78, 5) is 27.0. The molecule has 0 aromatic heterocycles. The molecular weight excluding hydrogens is 393 g/mol. The van der Waals surface area contributed by atoms with Crippen LogP contribution < -0.4 is 16.0 Å². The maximum atomic E-state index is 13.2. The monoisotopic (exact) mass is 418 g/mol. The van der Waals surface area contributed by atoms with Crippen LogP contribution in [0, 0.1) is 0 Å². The number of nitrogens with one attached hydrogen (secondary N) is 1. The molecule has 0 aliphatic carbocycles. The van der Waals surface area contributed by atoms with Crippen LogP contribution in [0.2, 0.25) is 0 Å². The minimum atomic E-state index is -4.54. The fraction of sp³-hybridized carbons (Fsp3) is 0.556. The highest BCUT2D eigenvalue weighted by Crippen LogP contribution is 2.35. The number of methoxy groups -OCH3 is 1. The van der Waals surface area contributed by atoms with E-state index in [1.807, 2.05) is 4.90 Å². The molecule has 1 aromatic rings. The Morgan fingerprint density at radius 3 is 2.55 bits per heavy atom. The summed E-state index contributed by atoms with van der Waals surface area (Å²) in [6.07, 6.45) is -4.54. The summed E-state index contributed by atoms with van der Waals surface area (Å²) in [5.41, 5.74) is 4.86. The summed E-state index contributed by atoms with van der Waals surface area (Å²) in [7, 11) is 1.47. The van der Waals surface area contributed by atoms with E-state index in [-0.39, 0.29) is 31.9 Å². The minimum Gasteiger partial charge on any atom is -0.383 e. The first-order valence-corrected chi connectivity index (χ1v) is 9.04. The third-order valence-electron chi connectivity index (χ3n) is 4.31. The second-order valence-corrected chi connectivity index (χ2v) is 6.55. The van der Waals surface area contributed by atoms with E-state index in [4.69, 9.17) is 15.2 Å². The lowest BCUT2D eigenvalue weighted by Crippen LogP contribution is -2.41. The number of nitrogens with two attached hydrogens (primary N) is 1. The molecule has 1 aromatic carbocycles. The summed E-state index contributed by atoms with van der Waals surface area (Å²) < 4.78 is 49.7. The van der Waals surface area contributed by atoms with E-state index in [2.05, 4.69) is 5.32 Å². The molecule has 2 rings (SSSR count). The van der Waals surface area contributed by atoms with Gasteiger partial charge in [-0.15, -0.1) is 0 Å². The van der Waals surface area contributed by atoms with E-state index >= 15 is 0 Å². The van der Waals surface area contributed by atoms with Gasteiger partial charge in [0.25, 0.3) is 0 Å². The van der Waals surface area contributed by atoms with Crippen molar-refractivity contribution in [2.45, 2.75) is 6.18 Å². The van der Waals surface area contributed by atoms with E-state index in [1.54, 1.807) is 0 Å². The Hall–Kier alpha value is -2.37. The van der Waals surface area contributed by atoms with Crippen LogP contribution in [0.15, 0.2) is 18.2 Å². The number of rotatable bonds is 9. The van der Waals surface area contributed by atoms with Gasteiger partial charge in [-0.3, -0.25) is 14.5 Å². The van der Waals surface area contributed by atoms with Gasteiger partial charge < -0.3 is 25.4 Å². The van der Waals surface area contributed by atoms with E-state index in [1.165, 1.54) is 18.1 Å². The zero-order valence-corrected chi connectivity index (χ0v) is 16.1. The number of morpholine rings is 1. The first-order chi connectivity index (χ1) is 13.7. The molecule has 1 saturated heterocycles. The summed E-state index contributed by atoms with van der Waals surface area (Å²) in [6, 6.07) is 3.24. The van der Waals surface area contributed by atoms with Crippen LogP contribution in [0.1, 0.15) is 5.56 Å². The fourth-order valence-corrected chi connectivity index (χ4v) is 2.94. The van der Waals surface area contributed by atoms with Gasteiger partial charge >= 0.3 is 6.18 Å². The van der Waals surface area contributed by atoms with Gasteiger partial charge in [-0.25, -0.2) is 0 Å². The molecule has 0 bridgehead atoms. The van der Waals surface area contributed by atoms with Crippen molar-refractivity contribution in [2.24, 2.45) is 5.73 Å². The van der Waals surface area contributed by atoms with Crippen LogP contribution in [0.4, 0.5) is 24.5 Å². The molecule has 1 aliphatic heterocycles. The zero-order chi connectivity index (χ0) is 21.4. The number of hydrogen-bond acceptors (Lipinski definition) is 6. The lowest BCUT2D eigenvalue weighted by Gasteiger charge is -2.31. The molecule has 1 fully saturated rings. The first-order valence-electron chi connectivity index (χ1n) is 9.04. The first kappa shape index (κ1) is 22.9. The normalized spacial score (nSPS) is 14.9. The van der Waals surface area contributed by atoms with E-state index in [0.29, 0.717) is 32.0 Å². The second kappa shape index (κ2) is 10.4. The molecular formula is C18H25F3N4O4. The molecule has 8 nitrogen and oxygen atoms in total. The highest BCUT2D eigenvalue weighted by molar-refractivity contribution is 5.96. The largest absolute Gasteiger partial charge is 0.416 e. The van der Waals surface area contributed by atoms with Crippen molar-refractivity contribution in [3.63, 3.8) is 0 Å². The van der Waals surface area contributed by atoms with Gasteiger partial charge in [0, 0.05) is 26.7 Å². The van der Waals surface area contributed by atoms with Crippen LogP contribution in [0.5, 0.6) is 0 Å². The summed E-state index contributed by atoms with van der Waals surface area (Å²) in [5, 5.41) is 2.54. The van der Waals surface area contributed by atoms with Crippen molar-refractivity contribution in [2.75, 3.05) is 69.9 Å². The molecule has 162 valence electrons.